The standard InChI is InChI=1S/C25H32N2/c1-7-20-13-11-14-21(8-2)24(20)26-18(5)17-19(6)27-25-22(9-3)15-12-16-23(25)10-4/h11-17H,5,7-10H2,1-4,6H3/q-2/b19-17-. The van der Waals surface area contributed by atoms with Crippen molar-refractivity contribution in [3.8, 4) is 0 Å². The van der Waals surface area contributed by atoms with Crippen molar-refractivity contribution < 1.29 is 0 Å². The lowest BCUT2D eigenvalue weighted by Crippen LogP contribution is -1.91. The van der Waals surface area contributed by atoms with Gasteiger partial charge in [-0.3, -0.25) is 0 Å². The average Bonchev–Trinajstić information content (AvgIpc) is 2.67. The summed E-state index contributed by atoms with van der Waals surface area (Å²) in [5.74, 6) is 0. The van der Waals surface area contributed by atoms with Crippen LogP contribution in [0.4, 0.5) is 11.4 Å². The van der Waals surface area contributed by atoms with Gasteiger partial charge in [0.2, 0.25) is 0 Å². The molecule has 0 radical (unpaired) electrons. The minimum Gasteiger partial charge on any atom is -0.661 e. The van der Waals surface area contributed by atoms with Crippen LogP contribution in [0.25, 0.3) is 10.6 Å². The Labute approximate surface area is 165 Å². The monoisotopic (exact) mass is 360 g/mol. The van der Waals surface area contributed by atoms with E-state index in [1.807, 2.05) is 13.0 Å². The van der Waals surface area contributed by atoms with E-state index in [1.54, 1.807) is 0 Å². The summed E-state index contributed by atoms with van der Waals surface area (Å²) in [6.07, 6.45) is 5.88. The molecule has 0 heterocycles. The van der Waals surface area contributed by atoms with Crippen molar-refractivity contribution in [2.75, 3.05) is 0 Å². The molecule has 2 nitrogen and oxygen atoms in total. The van der Waals surface area contributed by atoms with Gasteiger partial charge in [0.1, 0.15) is 0 Å². The lowest BCUT2D eigenvalue weighted by molar-refractivity contribution is 1.09. The smallest absolute Gasteiger partial charge is 0.0319 e. The molecule has 0 bridgehead atoms. The van der Waals surface area contributed by atoms with Gasteiger partial charge in [-0.2, -0.15) is 5.70 Å². The van der Waals surface area contributed by atoms with Crippen LogP contribution in [0.15, 0.2) is 60.4 Å². The zero-order chi connectivity index (χ0) is 19.8. The Morgan fingerprint density at radius 2 is 1.11 bits per heavy atom. The maximum Gasteiger partial charge on any atom is -0.0319 e. The first-order chi connectivity index (χ1) is 13.0. The van der Waals surface area contributed by atoms with Gasteiger partial charge in [0.25, 0.3) is 0 Å². The molecular formula is C25H32N2-2. The maximum atomic E-state index is 4.91. The molecule has 2 aromatic carbocycles. The maximum absolute atomic E-state index is 4.91. The molecule has 0 saturated heterocycles. The fraction of sp³-hybridized carbons (Fsp3) is 0.360. The Bertz CT molecular complexity index is 771. The predicted molar refractivity (Wildman–Crippen MR) is 119 cm³/mol. The first kappa shape index (κ1) is 20.8. The van der Waals surface area contributed by atoms with E-state index in [1.165, 1.54) is 22.3 Å². The number of para-hydroxylation sites is 2. The van der Waals surface area contributed by atoms with E-state index in [0.29, 0.717) is 0 Å². The molecule has 0 unspecified atom stereocenters. The molecule has 27 heavy (non-hydrogen) atoms. The molecular weight excluding hydrogens is 328 g/mol. The topological polar surface area (TPSA) is 28.2 Å². The molecule has 2 aromatic rings. The number of benzene rings is 2. The summed E-state index contributed by atoms with van der Waals surface area (Å²) >= 11 is 0. The Balaban J connectivity index is 2.22. The molecule has 144 valence electrons. The molecule has 0 aliphatic heterocycles. The van der Waals surface area contributed by atoms with Crippen molar-refractivity contribution in [1.82, 2.24) is 0 Å². The fourth-order valence-corrected chi connectivity index (χ4v) is 3.34. The minimum atomic E-state index is 0.749. The quantitative estimate of drug-likeness (QED) is 0.404. The van der Waals surface area contributed by atoms with E-state index in [9.17, 15) is 0 Å². The summed E-state index contributed by atoms with van der Waals surface area (Å²) < 4.78 is 0. The first-order valence-corrected chi connectivity index (χ1v) is 10.1. The van der Waals surface area contributed by atoms with Crippen LogP contribution in [-0.2, 0) is 25.7 Å². The van der Waals surface area contributed by atoms with Crippen molar-refractivity contribution in [3.63, 3.8) is 0 Å². The van der Waals surface area contributed by atoms with Gasteiger partial charge in [0, 0.05) is 0 Å². The van der Waals surface area contributed by atoms with Crippen LogP contribution < -0.4 is 0 Å². The molecule has 0 aromatic heterocycles. The minimum absolute atomic E-state index is 0.749. The second kappa shape index (κ2) is 10.0. The highest BCUT2D eigenvalue weighted by molar-refractivity contribution is 5.69. The Hall–Kier alpha value is -2.48. The first-order valence-electron chi connectivity index (χ1n) is 10.1. The van der Waals surface area contributed by atoms with Crippen LogP contribution in [0.2, 0.25) is 0 Å². The Morgan fingerprint density at radius 3 is 1.48 bits per heavy atom. The van der Waals surface area contributed by atoms with Gasteiger partial charge in [0.15, 0.2) is 0 Å². The van der Waals surface area contributed by atoms with Crippen molar-refractivity contribution in [2.24, 2.45) is 0 Å². The predicted octanol–water partition coefficient (Wildman–Crippen LogP) is 8.06. The van der Waals surface area contributed by atoms with Gasteiger partial charge in [-0.05, 0) is 25.7 Å². The second-order valence-electron chi connectivity index (χ2n) is 6.76. The van der Waals surface area contributed by atoms with Crippen molar-refractivity contribution in [2.45, 2.75) is 60.3 Å². The van der Waals surface area contributed by atoms with E-state index in [0.717, 1.165) is 48.5 Å². The Morgan fingerprint density at radius 1 is 0.741 bits per heavy atom. The Kier molecular flexibility index (Phi) is 7.72. The van der Waals surface area contributed by atoms with Crippen molar-refractivity contribution in [1.29, 1.82) is 0 Å². The third-order valence-corrected chi connectivity index (χ3v) is 4.85. The number of rotatable bonds is 9. The third kappa shape index (κ3) is 5.26. The average molecular weight is 361 g/mol. The SMILES string of the molecule is C=C(/C=C(/C)[N-]c1c(CC)cccc1CC)[N-]c1c(CC)cccc1CC. The van der Waals surface area contributed by atoms with Crippen LogP contribution in [-0.4, -0.2) is 0 Å². The van der Waals surface area contributed by atoms with Crippen molar-refractivity contribution >= 4 is 11.4 Å². The fourth-order valence-electron chi connectivity index (χ4n) is 3.34. The molecule has 0 saturated carbocycles. The summed E-state index contributed by atoms with van der Waals surface area (Å²) in [6.45, 7) is 14.9. The third-order valence-electron chi connectivity index (χ3n) is 4.85. The molecule has 0 atom stereocenters. The number of hydrogen-bond donors (Lipinski definition) is 0. The van der Waals surface area contributed by atoms with Gasteiger partial charge in [-0.15, -0.1) is 23.7 Å². The van der Waals surface area contributed by atoms with Crippen LogP contribution in [0, 0.1) is 0 Å². The van der Waals surface area contributed by atoms with Crippen LogP contribution in [0.5, 0.6) is 0 Å². The zero-order valence-electron chi connectivity index (χ0n) is 17.5. The van der Waals surface area contributed by atoms with E-state index in [4.69, 9.17) is 10.6 Å². The second-order valence-corrected chi connectivity index (χ2v) is 6.76. The highest BCUT2D eigenvalue weighted by Gasteiger charge is 1.99. The van der Waals surface area contributed by atoms with Crippen LogP contribution in [0.1, 0.15) is 56.9 Å². The van der Waals surface area contributed by atoms with Gasteiger partial charge in [0.05, 0.1) is 0 Å². The van der Waals surface area contributed by atoms with Crippen LogP contribution in [0.3, 0.4) is 0 Å². The summed E-state index contributed by atoms with van der Waals surface area (Å²) in [6, 6.07) is 12.9. The molecule has 0 aliphatic rings. The normalized spacial score (nSPS) is 11.4. The summed E-state index contributed by atoms with van der Waals surface area (Å²) in [5, 5.41) is 9.74. The van der Waals surface area contributed by atoms with Gasteiger partial charge >= 0.3 is 0 Å². The van der Waals surface area contributed by atoms with Crippen molar-refractivity contribution in [3.05, 3.63) is 93.3 Å². The lowest BCUT2D eigenvalue weighted by atomic mass is 10.0. The molecule has 0 aliphatic carbocycles. The molecule has 0 fully saturated rings. The molecule has 0 spiro atoms. The summed E-state index contributed by atoms with van der Waals surface area (Å²) in [5.41, 5.74) is 8.96. The molecule has 0 amide bonds. The molecule has 2 heteroatoms. The van der Waals surface area contributed by atoms with E-state index < -0.39 is 0 Å². The van der Waals surface area contributed by atoms with Crippen LogP contribution >= 0.6 is 0 Å². The summed E-state index contributed by atoms with van der Waals surface area (Å²) in [7, 11) is 0. The van der Waals surface area contributed by atoms with Gasteiger partial charge in [-0.1, -0.05) is 99.3 Å². The molecule has 0 N–H and O–H groups in total. The highest BCUT2D eigenvalue weighted by atomic mass is 14.9. The number of hydrogen-bond acceptors (Lipinski definition) is 0. The van der Waals surface area contributed by atoms with Gasteiger partial charge < -0.3 is 10.6 Å². The number of aryl methyl sites for hydroxylation is 4. The molecule has 2 rings (SSSR count). The lowest BCUT2D eigenvalue weighted by Gasteiger charge is -2.33. The van der Waals surface area contributed by atoms with E-state index in [2.05, 4.69) is 70.7 Å². The highest BCUT2D eigenvalue weighted by Crippen LogP contribution is 2.36. The zero-order valence-corrected chi connectivity index (χ0v) is 17.5. The largest absolute Gasteiger partial charge is 0.661 e. The van der Waals surface area contributed by atoms with Gasteiger partial charge in [-0.25, -0.2) is 0 Å². The summed E-state index contributed by atoms with van der Waals surface area (Å²) in [4.78, 5) is 0. The van der Waals surface area contributed by atoms with E-state index >= 15 is 0 Å². The number of allylic oxidation sites excluding steroid dienone is 2. The number of nitrogens with zero attached hydrogens (tertiary/aromatic N) is 2. The van der Waals surface area contributed by atoms with E-state index in [-0.39, 0.29) is 0 Å².